The summed E-state index contributed by atoms with van der Waals surface area (Å²) < 4.78 is 10.9. The summed E-state index contributed by atoms with van der Waals surface area (Å²) in [4.78, 5) is 38.6. The topological polar surface area (TPSA) is 126 Å². The molecule has 1 aliphatic carbocycles. The van der Waals surface area contributed by atoms with E-state index in [2.05, 4.69) is 20.3 Å². The zero-order valence-corrected chi connectivity index (χ0v) is 25.9. The van der Waals surface area contributed by atoms with Crippen molar-refractivity contribution in [2.24, 2.45) is 0 Å². The Morgan fingerprint density at radius 3 is 2.48 bits per heavy atom. The minimum Gasteiger partial charge on any atom is -0.456 e. The summed E-state index contributed by atoms with van der Waals surface area (Å²) in [5.74, 6) is -0.00949. The van der Waals surface area contributed by atoms with Crippen LogP contribution in [-0.4, -0.2) is 43.3 Å². The number of fused-ring (bicyclic) bond motifs is 1. The molecule has 5 rings (SSSR count). The second-order valence-electron chi connectivity index (χ2n) is 12.2. The first-order chi connectivity index (χ1) is 19.6. The molecule has 220 valence electrons. The number of pyridine rings is 1. The fraction of sp³-hybridized carbons (Fsp3) is 0.355. The zero-order valence-electron chi connectivity index (χ0n) is 24.3. The van der Waals surface area contributed by atoms with Crippen LogP contribution >= 0.6 is 22.9 Å². The van der Waals surface area contributed by atoms with Gasteiger partial charge < -0.3 is 19.6 Å². The maximum absolute atomic E-state index is 12.5. The third kappa shape index (κ3) is 6.35. The van der Waals surface area contributed by atoms with Crippen molar-refractivity contribution in [2.75, 3.05) is 5.32 Å². The SMILES string of the molecule is CC(C)(C)OC(=O)Nc1ccc(Cl)cc1-c1cnc2c(c1)CCC2(O)c1ncc(-c2ccc(C(=O)OC(C)(C)C)s2)[nH]1. The van der Waals surface area contributed by atoms with Crippen LogP contribution in [0.2, 0.25) is 5.02 Å². The average molecular weight is 609 g/mol. The predicted molar refractivity (Wildman–Crippen MR) is 163 cm³/mol. The standard InChI is InChI=1S/C31H33ClN4O5S/c1-29(2,3)40-26(37)24-10-9-23(42-24)22-16-34-27(35-22)31(39)12-11-17-13-18(15-33-25(17)31)20-14-19(32)7-8-21(20)36-28(38)41-30(4,5)6/h7-10,13-16,39H,11-12H2,1-6H3,(H,34,35)(H,36,38). The molecule has 0 saturated heterocycles. The number of anilines is 1. The second-order valence-corrected chi connectivity index (χ2v) is 13.7. The van der Waals surface area contributed by atoms with Gasteiger partial charge in [0.1, 0.15) is 21.9 Å². The van der Waals surface area contributed by atoms with E-state index < -0.39 is 22.9 Å². The Bertz CT molecular complexity index is 1670. The van der Waals surface area contributed by atoms with Crippen molar-refractivity contribution in [3.63, 3.8) is 0 Å². The smallest absolute Gasteiger partial charge is 0.412 e. The molecule has 9 nitrogen and oxygen atoms in total. The quantitative estimate of drug-likeness (QED) is 0.202. The van der Waals surface area contributed by atoms with E-state index in [9.17, 15) is 14.7 Å². The summed E-state index contributed by atoms with van der Waals surface area (Å²) in [6.45, 7) is 10.9. The maximum Gasteiger partial charge on any atom is 0.412 e. The number of carbonyl (C=O) groups is 2. The highest BCUT2D eigenvalue weighted by atomic mass is 35.5. The zero-order chi connectivity index (χ0) is 30.4. The highest BCUT2D eigenvalue weighted by Crippen LogP contribution is 2.42. The first-order valence-electron chi connectivity index (χ1n) is 13.5. The van der Waals surface area contributed by atoms with Gasteiger partial charge in [0.15, 0.2) is 5.60 Å². The summed E-state index contributed by atoms with van der Waals surface area (Å²) in [6.07, 6.45) is 3.67. The molecule has 3 heterocycles. The number of esters is 1. The number of hydrogen-bond donors (Lipinski definition) is 3. The molecule has 3 N–H and O–H groups in total. The lowest BCUT2D eigenvalue weighted by atomic mass is 9.98. The number of hydrogen-bond acceptors (Lipinski definition) is 8. The van der Waals surface area contributed by atoms with Gasteiger partial charge in [-0.2, -0.15) is 0 Å². The van der Waals surface area contributed by atoms with Gasteiger partial charge in [-0.3, -0.25) is 10.3 Å². The van der Waals surface area contributed by atoms with E-state index in [0.29, 0.717) is 51.2 Å². The second kappa shape index (κ2) is 10.8. The number of H-pyrrole nitrogens is 1. The van der Waals surface area contributed by atoms with Crippen molar-refractivity contribution >= 4 is 40.7 Å². The van der Waals surface area contributed by atoms with Crippen molar-refractivity contribution in [3.05, 3.63) is 75.8 Å². The van der Waals surface area contributed by atoms with Crippen LogP contribution in [-0.2, 0) is 21.5 Å². The minimum atomic E-state index is -1.41. The van der Waals surface area contributed by atoms with Crippen LogP contribution in [0, 0.1) is 0 Å². The molecule has 1 aromatic carbocycles. The molecule has 0 aliphatic heterocycles. The van der Waals surface area contributed by atoms with Gasteiger partial charge >= 0.3 is 12.1 Å². The molecule has 1 aliphatic rings. The number of nitrogens with zero attached hydrogens (tertiary/aromatic N) is 2. The van der Waals surface area contributed by atoms with Crippen LogP contribution in [0.5, 0.6) is 0 Å². The number of nitrogens with one attached hydrogen (secondary N) is 2. The number of halogens is 1. The lowest BCUT2D eigenvalue weighted by Gasteiger charge is -2.21. The normalized spacial score (nSPS) is 16.7. The van der Waals surface area contributed by atoms with Crippen molar-refractivity contribution < 1.29 is 24.2 Å². The molecular weight excluding hydrogens is 576 g/mol. The first kappa shape index (κ1) is 29.8. The monoisotopic (exact) mass is 608 g/mol. The Morgan fingerprint density at radius 2 is 1.76 bits per heavy atom. The Balaban J connectivity index is 1.40. The number of benzene rings is 1. The van der Waals surface area contributed by atoms with Gasteiger partial charge in [0.05, 0.1) is 28.1 Å². The third-order valence-corrected chi connectivity index (χ3v) is 7.82. The number of aryl methyl sites for hydroxylation is 1. The number of aliphatic hydroxyl groups is 1. The van der Waals surface area contributed by atoms with E-state index in [4.69, 9.17) is 21.1 Å². The van der Waals surface area contributed by atoms with Gasteiger partial charge in [-0.25, -0.2) is 14.6 Å². The Hall–Kier alpha value is -3.73. The van der Waals surface area contributed by atoms with E-state index >= 15 is 0 Å². The van der Waals surface area contributed by atoms with Crippen molar-refractivity contribution in [1.29, 1.82) is 0 Å². The molecule has 3 aromatic heterocycles. The predicted octanol–water partition coefficient (Wildman–Crippen LogP) is 7.34. The number of thiophene rings is 1. The van der Waals surface area contributed by atoms with E-state index in [1.165, 1.54) is 11.3 Å². The van der Waals surface area contributed by atoms with Crippen molar-refractivity contribution in [2.45, 2.75) is 71.2 Å². The lowest BCUT2D eigenvalue weighted by Crippen LogP contribution is -2.27. The van der Waals surface area contributed by atoms with Crippen LogP contribution in [0.4, 0.5) is 10.5 Å². The maximum atomic E-state index is 12.5. The van der Waals surface area contributed by atoms with Gasteiger partial charge in [-0.1, -0.05) is 11.6 Å². The molecule has 0 saturated carbocycles. The van der Waals surface area contributed by atoms with Gasteiger partial charge in [0, 0.05) is 22.3 Å². The molecule has 1 atom stereocenters. The molecule has 11 heteroatoms. The molecule has 0 bridgehead atoms. The van der Waals surface area contributed by atoms with Crippen molar-refractivity contribution in [1.82, 2.24) is 15.0 Å². The summed E-state index contributed by atoms with van der Waals surface area (Å²) in [5, 5.41) is 15.1. The molecular formula is C31H33ClN4O5S. The Morgan fingerprint density at radius 1 is 1.02 bits per heavy atom. The van der Waals surface area contributed by atoms with E-state index in [1.54, 1.807) is 57.4 Å². The van der Waals surface area contributed by atoms with Crippen molar-refractivity contribution in [3.8, 4) is 21.7 Å². The highest BCUT2D eigenvalue weighted by molar-refractivity contribution is 7.17. The van der Waals surface area contributed by atoms with Gasteiger partial charge in [0.25, 0.3) is 0 Å². The molecule has 1 amide bonds. The number of rotatable bonds is 5. The van der Waals surface area contributed by atoms with Crippen LogP contribution < -0.4 is 5.32 Å². The third-order valence-electron chi connectivity index (χ3n) is 6.48. The molecule has 0 spiro atoms. The van der Waals surface area contributed by atoms with Crippen LogP contribution in [0.1, 0.15) is 74.7 Å². The minimum absolute atomic E-state index is 0.374. The summed E-state index contributed by atoms with van der Waals surface area (Å²) in [5.41, 5.74) is 1.35. The highest BCUT2D eigenvalue weighted by Gasteiger charge is 2.42. The molecule has 1 unspecified atom stereocenters. The van der Waals surface area contributed by atoms with Crippen LogP contribution in [0.25, 0.3) is 21.7 Å². The Labute approximate surface area is 253 Å². The summed E-state index contributed by atoms with van der Waals surface area (Å²) in [7, 11) is 0. The van der Waals surface area contributed by atoms with Gasteiger partial charge in [-0.15, -0.1) is 11.3 Å². The molecule has 0 fully saturated rings. The average Bonchev–Trinajstić information content (AvgIpc) is 3.62. The van der Waals surface area contributed by atoms with Crippen LogP contribution in [0.15, 0.2) is 48.8 Å². The molecule has 0 radical (unpaired) electrons. The number of imidazole rings is 1. The number of aromatic nitrogens is 3. The number of carbonyl (C=O) groups excluding carboxylic acids is 2. The van der Waals surface area contributed by atoms with Crippen LogP contribution in [0.3, 0.4) is 0 Å². The fourth-order valence-corrected chi connectivity index (χ4v) is 5.76. The number of amides is 1. The largest absolute Gasteiger partial charge is 0.456 e. The first-order valence-corrected chi connectivity index (χ1v) is 14.7. The molecule has 4 aromatic rings. The Kier molecular flexibility index (Phi) is 7.67. The van der Waals surface area contributed by atoms with Gasteiger partial charge in [-0.05, 0) is 96.3 Å². The number of aromatic amines is 1. The van der Waals surface area contributed by atoms with E-state index in [0.717, 1.165) is 16.0 Å². The van der Waals surface area contributed by atoms with E-state index in [1.807, 2.05) is 32.9 Å². The molecule has 42 heavy (non-hydrogen) atoms. The lowest BCUT2D eigenvalue weighted by molar-refractivity contribution is 0.00749. The van der Waals surface area contributed by atoms with E-state index in [-0.39, 0.29) is 5.97 Å². The number of ether oxygens (including phenoxy) is 2. The summed E-state index contributed by atoms with van der Waals surface area (Å²) in [6, 6.07) is 10.7. The summed E-state index contributed by atoms with van der Waals surface area (Å²) >= 11 is 7.60. The fourth-order valence-electron chi connectivity index (χ4n) is 4.74. The van der Waals surface area contributed by atoms with Gasteiger partial charge in [0.2, 0.25) is 0 Å².